The molecule has 2 N–H and O–H groups in total. The fourth-order valence-electron chi connectivity index (χ4n) is 1.73. The van der Waals surface area contributed by atoms with Gasteiger partial charge in [0.2, 0.25) is 0 Å². The van der Waals surface area contributed by atoms with Crippen LogP contribution in [0.15, 0.2) is 21.7 Å². The van der Waals surface area contributed by atoms with Gasteiger partial charge in [-0.1, -0.05) is 6.07 Å². The Bertz CT molecular complexity index is 540. The molecule has 0 radical (unpaired) electrons. The summed E-state index contributed by atoms with van der Waals surface area (Å²) in [6.07, 6.45) is 0. The molecule has 1 fully saturated rings. The Hall–Kier alpha value is -0.960. The Kier molecular flexibility index (Phi) is 3.45. The summed E-state index contributed by atoms with van der Waals surface area (Å²) in [5.41, 5.74) is 3.98. The maximum Gasteiger partial charge on any atom is 0.252 e. The van der Waals surface area contributed by atoms with Crippen molar-refractivity contribution in [1.82, 2.24) is 4.31 Å². The van der Waals surface area contributed by atoms with Gasteiger partial charge in [-0.3, -0.25) is 4.79 Å². The highest BCUT2D eigenvalue weighted by Crippen LogP contribution is 2.26. The first-order valence-electron chi connectivity index (χ1n) is 5.34. The molecule has 1 unspecified atom stereocenters. The molecular formula is C10H14N2O4S2. The lowest BCUT2D eigenvalue weighted by atomic mass is 10.1. The molecule has 1 aromatic rings. The number of sulfonamides is 1. The lowest BCUT2D eigenvalue weighted by Crippen LogP contribution is -2.58. The number of hydrogen-bond acceptors (Lipinski definition) is 5. The van der Waals surface area contributed by atoms with Crippen molar-refractivity contribution in [3.8, 4) is 0 Å². The molecule has 100 valence electrons. The standard InChI is InChI=1S/C10H14N2O4S2/c1-10(9(11)13)7-12(4-5-16-10)18(14,15)8-3-2-6-17-8/h2-3,6H,4-5,7H2,1H3,(H2,11,13). The molecule has 8 heteroatoms. The van der Waals surface area contributed by atoms with E-state index in [4.69, 9.17) is 10.5 Å². The highest BCUT2D eigenvalue weighted by atomic mass is 32.2. The first-order valence-corrected chi connectivity index (χ1v) is 7.66. The molecule has 0 bridgehead atoms. The minimum atomic E-state index is -3.56. The zero-order valence-electron chi connectivity index (χ0n) is 9.83. The van der Waals surface area contributed by atoms with Gasteiger partial charge in [0.05, 0.1) is 13.2 Å². The number of ether oxygens (including phenoxy) is 1. The summed E-state index contributed by atoms with van der Waals surface area (Å²) in [7, 11) is -3.56. The minimum absolute atomic E-state index is 0.0530. The predicted molar refractivity (Wildman–Crippen MR) is 66.6 cm³/mol. The number of thiophene rings is 1. The summed E-state index contributed by atoms with van der Waals surface area (Å²) in [4.78, 5) is 11.3. The number of carbonyl (C=O) groups is 1. The monoisotopic (exact) mass is 290 g/mol. The van der Waals surface area contributed by atoms with Crippen LogP contribution in [0.4, 0.5) is 0 Å². The average Bonchev–Trinajstić information content (AvgIpc) is 2.83. The zero-order valence-corrected chi connectivity index (χ0v) is 11.5. The molecule has 0 saturated carbocycles. The number of primary amides is 1. The lowest BCUT2D eigenvalue weighted by Gasteiger charge is -2.37. The van der Waals surface area contributed by atoms with Crippen molar-refractivity contribution in [2.75, 3.05) is 19.7 Å². The lowest BCUT2D eigenvalue weighted by molar-refractivity contribution is -0.148. The van der Waals surface area contributed by atoms with Crippen LogP contribution in [0.3, 0.4) is 0 Å². The minimum Gasteiger partial charge on any atom is -0.367 e. The van der Waals surface area contributed by atoms with Gasteiger partial charge in [0.1, 0.15) is 4.21 Å². The van der Waals surface area contributed by atoms with Crippen LogP contribution in [0, 0.1) is 0 Å². The van der Waals surface area contributed by atoms with E-state index in [9.17, 15) is 13.2 Å². The second kappa shape index (κ2) is 4.61. The Balaban J connectivity index is 2.27. The van der Waals surface area contributed by atoms with Gasteiger partial charge in [0, 0.05) is 6.54 Å². The van der Waals surface area contributed by atoms with Crippen molar-refractivity contribution in [3.05, 3.63) is 17.5 Å². The van der Waals surface area contributed by atoms with Gasteiger partial charge < -0.3 is 10.5 Å². The molecule has 0 aromatic carbocycles. The number of nitrogens with two attached hydrogens (primary N) is 1. The van der Waals surface area contributed by atoms with Gasteiger partial charge in [0.25, 0.3) is 15.9 Å². The number of amides is 1. The Morgan fingerprint density at radius 2 is 2.33 bits per heavy atom. The van der Waals surface area contributed by atoms with Gasteiger partial charge >= 0.3 is 0 Å². The number of nitrogens with zero attached hydrogens (tertiary/aromatic N) is 1. The number of hydrogen-bond donors (Lipinski definition) is 1. The zero-order chi connectivity index (χ0) is 13.4. The highest BCUT2D eigenvalue weighted by Gasteiger charge is 2.42. The number of rotatable bonds is 3. The second-order valence-electron chi connectivity index (χ2n) is 4.21. The third-order valence-electron chi connectivity index (χ3n) is 2.85. The van der Waals surface area contributed by atoms with E-state index in [1.54, 1.807) is 11.4 Å². The van der Waals surface area contributed by atoms with Crippen molar-refractivity contribution in [2.45, 2.75) is 16.7 Å². The summed E-state index contributed by atoms with van der Waals surface area (Å²) in [5.74, 6) is -0.659. The number of morpholine rings is 1. The van der Waals surface area contributed by atoms with E-state index >= 15 is 0 Å². The van der Waals surface area contributed by atoms with Crippen LogP contribution < -0.4 is 5.73 Å². The van der Waals surface area contributed by atoms with E-state index in [1.807, 2.05) is 0 Å². The van der Waals surface area contributed by atoms with Crippen molar-refractivity contribution in [1.29, 1.82) is 0 Å². The van der Waals surface area contributed by atoms with Crippen molar-refractivity contribution in [2.24, 2.45) is 5.73 Å². The SMILES string of the molecule is CC1(C(N)=O)CN(S(=O)(=O)c2cccs2)CCO1. The van der Waals surface area contributed by atoms with Crippen LogP contribution in [-0.4, -0.2) is 43.9 Å². The summed E-state index contributed by atoms with van der Waals surface area (Å²) < 4.78 is 31.4. The van der Waals surface area contributed by atoms with E-state index in [0.29, 0.717) is 0 Å². The van der Waals surface area contributed by atoms with Crippen LogP contribution >= 0.6 is 11.3 Å². The van der Waals surface area contributed by atoms with Crippen LogP contribution in [0.1, 0.15) is 6.92 Å². The summed E-state index contributed by atoms with van der Waals surface area (Å²) in [5, 5.41) is 1.70. The smallest absolute Gasteiger partial charge is 0.252 e. The summed E-state index contributed by atoms with van der Waals surface area (Å²) >= 11 is 1.15. The molecule has 1 atom stereocenters. The van der Waals surface area contributed by atoms with Gasteiger partial charge in [0.15, 0.2) is 5.60 Å². The fourth-order valence-corrected chi connectivity index (χ4v) is 4.38. The highest BCUT2D eigenvalue weighted by molar-refractivity contribution is 7.91. The molecule has 2 heterocycles. The Morgan fingerprint density at radius 3 is 2.89 bits per heavy atom. The molecule has 1 aliphatic heterocycles. The average molecular weight is 290 g/mol. The largest absolute Gasteiger partial charge is 0.367 e. The third kappa shape index (κ3) is 2.28. The third-order valence-corrected chi connectivity index (χ3v) is 6.07. The van der Waals surface area contributed by atoms with E-state index in [-0.39, 0.29) is 23.9 Å². The van der Waals surface area contributed by atoms with E-state index in [1.165, 1.54) is 17.3 Å². The molecular weight excluding hydrogens is 276 g/mol. The van der Waals surface area contributed by atoms with E-state index in [0.717, 1.165) is 11.3 Å². The molecule has 1 aliphatic rings. The second-order valence-corrected chi connectivity index (χ2v) is 7.33. The van der Waals surface area contributed by atoms with E-state index in [2.05, 4.69) is 0 Å². The Morgan fingerprint density at radius 1 is 1.61 bits per heavy atom. The maximum atomic E-state index is 12.3. The maximum absolute atomic E-state index is 12.3. The van der Waals surface area contributed by atoms with Crippen LogP contribution in [0.2, 0.25) is 0 Å². The molecule has 1 aromatic heterocycles. The normalized spacial score (nSPS) is 26.1. The molecule has 0 spiro atoms. The number of carbonyl (C=O) groups excluding carboxylic acids is 1. The predicted octanol–water partition coefficient (Wildman–Crippen LogP) is 0.0130. The molecule has 6 nitrogen and oxygen atoms in total. The quantitative estimate of drug-likeness (QED) is 0.849. The summed E-state index contributed by atoms with van der Waals surface area (Å²) in [6, 6.07) is 3.21. The Labute approximate surface area is 109 Å². The van der Waals surface area contributed by atoms with Crippen molar-refractivity contribution >= 4 is 27.3 Å². The van der Waals surface area contributed by atoms with Crippen LogP contribution in [0.5, 0.6) is 0 Å². The topological polar surface area (TPSA) is 89.7 Å². The fraction of sp³-hybridized carbons (Fsp3) is 0.500. The van der Waals surface area contributed by atoms with E-state index < -0.39 is 21.5 Å². The van der Waals surface area contributed by atoms with Gasteiger partial charge in [-0.15, -0.1) is 11.3 Å². The molecule has 0 aliphatic carbocycles. The van der Waals surface area contributed by atoms with Gasteiger partial charge in [-0.05, 0) is 18.4 Å². The first kappa shape index (κ1) is 13.5. The van der Waals surface area contributed by atoms with Crippen LogP contribution in [-0.2, 0) is 19.6 Å². The van der Waals surface area contributed by atoms with Crippen molar-refractivity contribution in [3.63, 3.8) is 0 Å². The summed E-state index contributed by atoms with van der Waals surface area (Å²) in [6.45, 7) is 1.83. The molecule has 1 amide bonds. The molecule has 18 heavy (non-hydrogen) atoms. The molecule has 2 rings (SSSR count). The first-order chi connectivity index (χ1) is 8.36. The van der Waals surface area contributed by atoms with Crippen molar-refractivity contribution < 1.29 is 17.9 Å². The van der Waals surface area contributed by atoms with Gasteiger partial charge in [-0.25, -0.2) is 8.42 Å². The van der Waals surface area contributed by atoms with Crippen LogP contribution in [0.25, 0.3) is 0 Å². The van der Waals surface area contributed by atoms with Gasteiger partial charge in [-0.2, -0.15) is 4.31 Å². The molecule has 1 saturated heterocycles.